The molecule has 0 saturated carbocycles. The molecule has 2 unspecified atom stereocenters. The van der Waals surface area contributed by atoms with E-state index in [1.54, 1.807) is 0 Å². The average molecular weight is 311 g/mol. The van der Waals surface area contributed by atoms with Crippen molar-refractivity contribution >= 4 is 15.9 Å². The van der Waals surface area contributed by atoms with E-state index in [1.807, 2.05) is 0 Å². The second-order valence-corrected chi connectivity index (χ2v) is 6.21. The zero-order chi connectivity index (χ0) is 12.8. The first-order chi connectivity index (χ1) is 8.81. The monoisotopic (exact) mass is 310 g/mol. The van der Waals surface area contributed by atoms with Crippen molar-refractivity contribution in [2.24, 2.45) is 5.92 Å². The van der Waals surface area contributed by atoms with E-state index in [2.05, 4.69) is 47.1 Å². The summed E-state index contributed by atoms with van der Waals surface area (Å²) < 4.78 is 5.57. The molecule has 0 amide bonds. The summed E-state index contributed by atoms with van der Waals surface area (Å²) in [6.07, 6.45) is 6.22. The fraction of sp³-hybridized carbons (Fsp3) is 0.625. The summed E-state index contributed by atoms with van der Waals surface area (Å²) in [5, 5.41) is 0. The van der Waals surface area contributed by atoms with E-state index in [-0.39, 0.29) is 0 Å². The van der Waals surface area contributed by atoms with E-state index in [0.29, 0.717) is 10.7 Å². The number of hydrogen-bond acceptors (Lipinski definition) is 1. The van der Waals surface area contributed by atoms with Crippen molar-refractivity contribution < 1.29 is 4.74 Å². The summed E-state index contributed by atoms with van der Waals surface area (Å²) >= 11 is 3.84. The van der Waals surface area contributed by atoms with Gasteiger partial charge in [0.25, 0.3) is 0 Å². The van der Waals surface area contributed by atoms with Crippen LogP contribution in [0.2, 0.25) is 0 Å². The van der Waals surface area contributed by atoms with Crippen LogP contribution in [0.5, 0.6) is 0 Å². The van der Waals surface area contributed by atoms with Crippen LogP contribution >= 0.6 is 15.9 Å². The Hall–Kier alpha value is -0.340. The highest BCUT2D eigenvalue weighted by molar-refractivity contribution is 9.09. The Balaban J connectivity index is 1.95. The van der Waals surface area contributed by atoms with Gasteiger partial charge in [-0.2, -0.15) is 0 Å². The quantitative estimate of drug-likeness (QED) is 0.703. The van der Waals surface area contributed by atoms with E-state index < -0.39 is 0 Å². The minimum Gasteiger partial charge on any atom is -0.381 e. The molecule has 100 valence electrons. The molecule has 0 bridgehead atoms. The lowest BCUT2D eigenvalue weighted by molar-refractivity contribution is 0.0546. The van der Waals surface area contributed by atoms with Crippen molar-refractivity contribution in [3.8, 4) is 0 Å². The van der Waals surface area contributed by atoms with E-state index in [1.165, 1.54) is 43.2 Å². The molecule has 0 N–H and O–H groups in total. The third kappa shape index (κ3) is 3.83. The maximum absolute atomic E-state index is 5.57. The topological polar surface area (TPSA) is 9.23 Å². The van der Waals surface area contributed by atoms with Gasteiger partial charge < -0.3 is 4.74 Å². The fourth-order valence-electron chi connectivity index (χ4n) is 2.52. The minimum atomic E-state index is 0.443. The Kier molecular flexibility index (Phi) is 5.71. The molecular formula is C16H23BrO. The Labute approximate surface area is 119 Å². The summed E-state index contributed by atoms with van der Waals surface area (Å²) in [5.74, 6) is 0.625. The van der Waals surface area contributed by atoms with Gasteiger partial charge in [-0.15, -0.1) is 0 Å². The first-order valence-corrected chi connectivity index (χ1v) is 8.03. The molecule has 2 rings (SSSR count). The van der Waals surface area contributed by atoms with Gasteiger partial charge in [0.05, 0.1) is 6.61 Å². The number of unbranched alkanes of at least 4 members (excludes halogenated alkanes) is 1. The predicted octanol–water partition coefficient (Wildman–Crippen LogP) is 4.89. The molecule has 0 aliphatic carbocycles. The molecule has 1 nitrogen and oxygen atoms in total. The number of benzene rings is 1. The van der Waals surface area contributed by atoms with Crippen molar-refractivity contribution in [2.45, 2.75) is 43.9 Å². The molecule has 1 aliphatic rings. The van der Waals surface area contributed by atoms with Crippen LogP contribution in [-0.2, 0) is 11.2 Å². The van der Waals surface area contributed by atoms with Gasteiger partial charge in [-0.1, -0.05) is 53.5 Å². The molecule has 0 aromatic heterocycles. The third-order valence-electron chi connectivity index (χ3n) is 3.73. The first kappa shape index (κ1) is 14.1. The molecular weight excluding hydrogens is 288 g/mol. The number of alkyl halides is 1. The second kappa shape index (κ2) is 7.30. The maximum atomic E-state index is 5.57. The van der Waals surface area contributed by atoms with Gasteiger partial charge in [-0.05, 0) is 42.7 Å². The van der Waals surface area contributed by atoms with Crippen molar-refractivity contribution in [3.63, 3.8) is 0 Å². The molecule has 0 spiro atoms. The number of ether oxygens (including phenoxy) is 1. The van der Waals surface area contributed by atoms with Crippen LogP contribution in [0.1, 0.15) is 48.6 Å². The summed E-state index contributed by atoms with van der Waals surface area (Å²) in [7, 11) is 0. The Morgan fingerprint density at radius 2 is 2.11 bits per heavy atom. The molecule has 1 fully saturated rings. The normalized spacial score (nSPS) is 21.8. The van der Waals surface area contributed by atoms with Crippen LogP contribution in [0.3, 0.4) is 0 Å². The largest absolute Gasteiger partial charge is 0.381 e. The number of aryl methyl sites for hydroxylation is 1. The van der Waals surface area contributed by atoms with Crippen molar-refractivity contribution in [1.29, 1.82) is 0 Å². The average Bonchev–Trinajstić information content (AvgIpc) is 2.46. The maximum Gasteiger partial charge on any atom is 0.0508 e. The number of halogens is 1. The Morgan fingerprint density at radius 3 is 2.72 bits per heavy atom. The molecule has 18 heavy (non-hydrogen) atoms. The van der Waals surface area contributed by atoms with Gasteiger partial charge in [-0.3, -0.25) is 0 Å². The molecule has 1 heterocycles. The first-order valence-electron chi connectivity index (χ1n) is 7.12. The lowest BCUT2D eigenvalue weighted by atomic mass is 9.93. The molecule has 0 radical (unpaired) electrons. The lowest BCUT2D eigenvalue weighted by Crippen LogP contribution is -2.20. The predicted molar refractivity (Wildman–Crippen MR) is 80.3 cm³/mol. The zero-order valence-corrected chi connectivity index (χ0v) is 12.8. The van der Waals surface area contributed by atoms with E-state index in [9.17, 15) is 0 Å². The van der Waals surface area contributed by atoms with Crippen molar-refractivity contribution in [1.82, 2.24) is 0 Å². The second-order valence-electron chi connectivity index (χ2n) is 5.22. The summed E-state index contributed by atoms with van der Waals surface area (Å²) in [5.41, 5.74) is 2.85. The summed E-state index contributed by atoms with van der Waals surface area (Å²) in [6, 6.07) is 9.11. The van der Waals surface area contributed by atoms with Crippen molar-refractivity contribution in [3.05, 3.63) is 35.4 Å². The highest BCUT2D eigenvalue weighted by atomic mass is 79.9. The molecule has 1 aromatic carbocycles. The molecule has 1 saturated heterocycles. The minimum absolute atomic E-state index is 0.443. The van der Waals surface area contributed by atoms with Crippen LogP contribution in [0.25, 0.3) is 0 Å². The van der Waals surface area contributed by atoms with Crippen LogP contribution in [0.15, 0.2) is 24.3 Å². The summed E-state index contributed by atoms with van der Waals surface area (Å²) in [6.45, 7) is 4.08. The van der Waals surface area contributed by atoms with E-state index in [4.69, 9.17) is 4.74 Å². The van der Waals surface area contributed by atoms with Crippen molar-refractivity contribution in [2.75, 3.05) is 13.2 Å². The Bertz CT molecular complexity index is 341. The Morgan fingerprint density at radius 1 is 1.33 bits per heavy atom. The van der Waals surface area contributed by atoms with Crippen LogP contribution < -0.4 is 0 Å². The van der Waals surface area contributed by atoms with Crippen LogP contribution in [0, 0.1) is 5.92 Å². The van der Waals surface area contributed by atoms with Gasteiger partial charge >= 0.3 is 0 Å². The van der Waals surface area contributed by atoms with E-state index >= 15 is 0 Å². The zero-order valence-electron chi connectivity index (χ0n) is 11.2. The van der Waals surface area contributed by atoms with Gasteiger partial charge in [0.1, 0.15) is 0 Å². The fourth-order valence-corrected chi connectivity index (χ4v) is 3.24. The third-order valence-corrected chi connectivity index (χ3v) is 5.00. The van der Waals surface area contributed by atoms with Gasteiger partial charge in [0.2, 0.25) is 0 Å². The smallest absolute Gasteiger partial charge is 0.0508 e. The van der Waals surface area contributed by atoms with Gasteiger partial charge in [-0.25, -0.2) is 0 Å². The molecule has 2 atom stereocenters. The van der Waals surface area contributed by atoms with Gasteiger partial charge in [0, 0.05) is 11.4 Å². The molecule has 2 heteroatoms. The standard InChI is InChI=1S/C16H23BrO/c1-2-3-5-13-7-9-14(10-8-13)16(17)15-6-4-11-18-12-15/h7-10,15-16H,2-6,11-12H2,1H3. The SMILES string of the molecule is CCCCc1ccc(C(Br)C2CCCOC2)cc1. The van der Waals surface area contributed by atoms with Crippen LogP contribution in [-0.4, -0.2) is 13.2 Å². The highest BCUT2D eigenvalue weighted by Crippen LogP contribution is 2.35. The van der Waals surface area contributed by atoms with Gasteiger partial charge in [0.15, 0.2) is 0 Å². The number of rotatable bonds is 5. The molecule has 1 aromatic rings. The highest BCUT2D eigenvalue weighted by Gasteiger charge is 2.23. The lowest BCUT2D eigenvalue weighted by Gasteiger charge is -2.26. The van der Waals surface area contributed by atoms with E-state index in [0.717, 1.165) is 13.2 Å². The molecule has 1 aliphatic heterocycles. The van der Waals surface area contributed by atoms with Crippen LogP contribution in [0.4, 0.5) is 0 Å². The summed E-state index contributed by atoms with van der Waals surface area (Å²) in [4.78, 5) is 0.443. The number of hydrogen-bond donors (Lipinski definition) is 0.